The zero-order chi connectivity index (χ0) is 11.0. The van der Waals surface area contributed by atoms with Crippen LogP contribution >= 0.6 is 0 Å². The number of hydrogen-bond donors (Lipinski definition) is 2. The molecule has 0 aromatic heterocycles. The van der Waals surface area contributed by atoms with Crippen LogP contribution in [0.25, 0.3) is 0 Å². The van der Waals surface area contributed by atoms with Crippen LogP contribution in [-0.4, -0.2) is 49.2 Å². The zero-order valence-corrected chi connectivity index (χ0v) is 9.42. The standard InChI is InChI=1S/C10H22N2O2/c1-4-5-6-9(10(13)14)11-7-8-12(2)3/h9,11H,4-8H2,1-3H3,(H,13,14). The molecule has 4 nitrogen and oxygen atoms in total. The molecule has 0 saturated carbocycles. The van der Waals surface area contributed by atoms with Crippen molar-refractivity contribution in [3.63, 3.8) is 0 Å². The molecule has 0 saturated heterocycles. The van der Waals surface area contributed by atoms with Crippen LogP contribution in [0.15, 0.2) is 0 Å². The van der Waals surface area contributed by atoms with E-state index >= 15 is 0 Å². The van der Waals surface area contributed by atoms with E-state index in [-0.39, 0.29) is 6.04 Å². The SMILES string of the molecule is CCCCC(NCCN(C)C)C(=O)O. The van der Waals surface area contributed by atoms with E-state index in [1.165, 1.54) is 0 Å². The second-order valence-electron chi connectivity index (χ2n) is 3.79. The summed E-state index contributed by atoms with van der Waals surface area (Å²) in [5.41, 5.74) is 0. The number of nitrogens with one attached hydrogen (secondary N) is 1. The number of hydrogen-bond acceptors (Lipinski definition) is 3. The lowest BCUT2D eigenvalue weighted by molar-refractivity contribution is -0.139. The number of aliphatic carboxylic acids is 1. The normalized spacial score (nSPS) is 13.1. The fourth-order valence-electron chi connectivity index (χ4n) is 1.18. The van der Waals surface area contributed by atoms with Crippen LogP contribution in [0.2, 0.25) is 0 Å². The molecule has 0 aromatic carbocycles. The quantitative estimate of drug-likeness (QED) is 0.611. The van der Waals surface area contributed by atoms with Gasteiger partial charge in [0.15, 0.2) is 0 Å². The molecule has 0 spiro atoms. The average Bonchev–Trinajstić information content (AvgIpc) is 2.09. The van der Waals surface area contributed by atoms with E-state index in [4.69, 9.17) is 5.11 Å². The molecule has 0 heterocycles. The Morgan fingerprint density at radius 2 is 2.14 bits per heavy atom. The van der Waals surface area contributed by atoms with Crippen LogP contribution in [0, 0.1) is 0 Å². The van der Waals surface area contributed by atoms with Crippen molar-refractivity contribution in [2.75, 3.05) is 27.2 Å². The Kier molecular flexibility index (Phi) is 7.42. The molecule has 0 radical (unpaired) electrons. The average molecular weight is 202 g/mol. The minimum absolute atomic E-state index is 0.380. The van der Waals surface area contributed by atoms with Crippen molar-refractivity contribution < 1.29 is 9.90 Å². The van der Waals surface area contributed by atoms with Gasteiger partial charge < -0.3 is 15.3 Å². The van der Waals surface area contributed by atoms with E-state index in [9.17, 15) is 4.79 Å². The zero-order valence-electron chi connectivity index (χ0n) is 9.42. The Balaban J connectivity index is 3.68. The first-order valence-electron chi connectivity index (χ1n) is 5.18. The lowest BCUT2D eigenvalue weighted by Gasteiger charge is -2.16. The van der Waals surface area contributed by atoms with Gasteiger partial charge in [-0.3, -0.25) is 4.79 Å². The molecule has 0 bridgehead atoms. The largest absolute Gasteiger partial charge is 0.480 e. The second kappa shape index (κ2) is 7.76. The molecule has 2 N–H and O–H groups in total. The predicted molar refractivity (Wildman–Crippen MR) is 57.5 cm³/mol. The summed E-state index contributed by atoms with van der Waals surface area (Å²) in [5, 5.41) is 11.9. The van der Waals surface area contributed by atoms with Crippen molar-refractivity contribution in [3.05, 3.63) is 0 Å². The van der Waals surface area contributed by atoms with Gasteiger partial charge in [0.05, 0.1) is 0 Å². The lowest BCUT2D eigenvalue weighted by Crippen LogP contribution is -2.40. The maximum Gasteiger partial charge on any atom is 0.320 e. The maximum atomic E-state index is 10.8. The summed E-state index contributed by atoms with van der Waals surface area (Å²) in [6.45, 7) is 3.67. The third-order valence-corrected chi connectivity index (χ3v) is 2.09. The van der Waals surface area contributed by atoms with Gasteiger partial charge in [0.1, 0.15) is 6.04 Å². The van der Waals surface area contributed by atoms with E-state index in [1.54, 1.807) is 0 Å². The first-order valence-corrected chi connectivity index (χ1v) is 5.18. The number of carboxylic acids is 1. The summed E-state index contributed by atoms with van der Waals surface area (Å²) >= 11 is 0. The number of likely N-dealkylation sites (N-methyl/N-ethyl adjacent to an activating group) is 1. The molecular weight excluding hydrogens is 180 g/mol. The van der Waals surface area contributed by atoms with Gasteiger partial charge in [0, 0.05) is 13.1 Å². The minimum atomic E-state index is -0.739. The highest BCUT2D eigenvalue weighted by Crippen LogP contribution is 2.00. The first kappa shape index (κ1) is 13.4. The fraction of sp³-hybridized carbons (Fsp3) is 0.900. The van der Waals surface area contributed by atoms with Gasteiger partial charge in [-0.15, -0.1) is 0 Å². The molecule has 1 atom stereocenters. The van der Waals surface area contributed by atoms with Crippen LogP contribution in [0.3, 0.4) is 0 Å². The van der Waals surface area contributed by atoms with Crippen molar-refractivity contribution in [2.45, 2.75) is 32.2 Å². The minimum Gasteiger partial charge on any atom is -0.480 e. The van der Waals surface area contributed by atoms with Crippen molar-refractivity contribution in [1.29, 1.82) is 0 Å². The fourth-order valence-corrected chi connectivity index (χ4v) is 1.18. The summed E-state index contributed by atoms with van der Waals surface area (Å²) < 4.78 is 0. The predicted octanol–water partition coefficient (Wildman–Crippen LogP) is 0.781. The Bertz CT molecular complexity index is 160. The third kappa shape index (κ3) is 6.86. The lowest BCUT2D eigenvalue weighted by atomic mass is 10.1. The maximum absolute atomic E-state index is 10.8. The number of carbonyl (C=O) groups is 1. The van der Waals surface area contributed by atoms with Crippen LogP contribution in [0.4, 0.5) is 0 Å². The van der Waals surface area contributed by atoms with E-state index in [1.807, 2.05) is 19.0 Å². The molecule has 4 heteroatoms. The van der Waals surface area contributed by atoms with Gasteiger partial charge in [0.2, 0.25) is 0 Å². The molecular formula is C10H22N2O2. The van der Waals surface area contributed by atoms with Gasteiger partial charge in [-0.1, -0.05) is 19.8 Å². The van der Waals surface area contributed by atoms with Crippen LogP contribution < -0.4 is 5.32 Å². The molecule has 0 aliphatic heterocycles. The highest BCUT2D eigenvalue weighted by atomic mass is 16.4. The van der Waals surface area contributed by atoms with Crippen LogP contribution in [0.1, 0.15) is 26.2 Å². The van der Waals surface area contributed by atoms with E-state index in [0.29, 0.717) is 0 Å². The van der Waals surface area contributed by atoms with Gasteiger partial charge in [0.25, 0.3) is 0 Å². The van der Waals surface area contributed by atoms with Crippen LogP contribution in [-0.2, 0) is 4.79 Å². The number of rotatable bonds is 8. The summed E-state index contributed by atoms with van der Waals surface area (Å²) in [4.78, 5) is 12.8. The summed E-state index contributed by atoms with van der Waals surface area (Å²) in [6, 6.07) is -0.380. The molecule has 0 fully saturated rings. The van der Waals surface area contributed by atoms with Gasteiger partial charge in [-0.05, 0) is 20.5 Å². The molecule has 0 amide bonds. The smallest absolute Gasteiger partial charge is 0.320 e. The van der Waals surface area contributed by atoms with Gasteiger partial charge in [-0.2, -0.15) is 0 Å². The summed E-state index contributed by atoms with van der Waals surface area (Å²) in [7, 11) is 3.95. The second-order valence-corrected chi connectivity index (χ2v) is 3.79. The highest BCUT2D eigenvalue weighted by Gasteiger charge is 2.14. The summed E-state index contributed by atoms with van der Waals surface area (Å²) in [5.74, 6) is -0.739. The molecule has 1 unspecified atom stereocenters. The van der Waals surface area contributed by atoms with Crippen molar-refractivity contribution in [3.8, 4) is 0 Å². The van der Waals surface area contributed by atoms with Gasteiger partial charge >= 0.3 is 5.97 Å². The van der Waals surface area contributed by atoms with E-state index in [0.717, 1.165) is 32.4 Å². The van der Waals surface area contributed by atoms with Crippen molar-refractivity contribution >= 4 is 5.97 Å². The van der Waals surface area contributed by atoms with Crippen molar-refractivity contribution in [1.82, 2.24) is 10.2 Å². The van der Waals surface area contributed by atoms with Crippen LogP contribution in [0.5, 0.6) is 0 Å². The topological polar surface area (TPSA) is 52.6 Å². The Morgan fingerprint density at radius 1 is 1.50 bits per heavy atom. The molecule has 14 heavy (non-hydrogen) atoms. The Labute approximate surface area is 86.3 Å². The molecule has 84 valence electrons. The first-order chi connectivity index (χ1) is 6.57. The Morgan fingerprint density at radius 3 is 2.57 bits per heavy atom. The number of carboxylic acid groups (broad SMARTS) is 1. The molecule has 0 aliphatic carbocycles. The summed E-state index contributed by atoms with van der Waals surface area (Å²) in [6.07, 6.45) is 2.73. The van der Waals surface area contributed by atoms with E-state index < -0.39 is 5.97 Å². The Hall–Kier alpha value is -0.610. The van der Waals surface area contributed by atoms with Crippen molar-refractivity contribution in [2.24, 2.45) is 0 Å². The highest BCUT2D eigenvalue weighted by molar-refractivity contribution is 5.73. The third-order valence-electron chi connectivity index (χ3n) is 2.09. The molecule has 0 aliphatic rings. The number of nitrogens with zero attached hydrogens (tertiary/aromatic N) is 1. The number of unbranched alkanes of at least 4 members (excludes halogenated alkanes) is 1. The monoisotopic (exact) mass is 202 g/mol. The van der Waals surface area contributed by atoms with Gasteiger partial charge in [-0.25, -0.2) is 0 Å². The molecule has 0 rings (SSSR count). The molecule has 0 aromatic rings. The van der Waals surface area contributed by atoms with E-state index in [2.05, 4.69) is 12.2 Å².